The molecule has 1 heterocycles. The smallest absolute Gasteiger partial charge is 0.305 e. The van der Waals surface area contributed by atoms with Gasteiger partial charge in [-0.3, -0.25) is 57.7 Å². The number of guanidine groups is 1. The van der Waals surface area contributed by atoms with Gasteiger partial charge in [-0.05, 0) is 56.1 Å². The molecule has 1 saturated heterocycles. The minimum absolute atomic E-state index is 0.00172. The molecule has 3 rings (SSSR count). The Morgan fingerprint density at radius 1 is 0.632 bits per heavy atom. The minimum Gasteiger partial charge on any atom is -0.481 e. The van der Waals surface area contributed by atoms with Crippen LogP contribution < -0.4 is 65.9 Å². The lowest BCUT2D eigenvalue weighted by atomic mass is 9.99. The number of nitrogens with zero attached hydrogens (tertiary/aromatic N) is 2. The van der Waals surface area contributed by atoms with Crippen LogP contribution in [0.1, 0.15) is 76.8 Å². The minimum atomic E-state index is -1.75. The monoisotopic (exact) mass is 1060 g/mol. The Bertz CT molecular complexity index is 2390. The standard InChI is InChI=1S/C49H72N14O13/c1-26(2)20-33(44(72)57-31(16-10-18-55-49(53)54)43(71)58-32(40(52)68)21-28-12-6-4-7-13-28)59-45(73)34(22-29-14-8-5-9-15-29)60-46(74)35(23-38(51)65)61-47(75)37-17-11-19-63(37)48(76)36(24-39(66)67)62-41(69)27(3)56-42(70)30(50)25-64/h4-9,12-15,26-27,30-37,64H,10-11,16-25,50H2,1-3H3,(H2,51,65)(H2,52,68)(H,56,70)(H,57,72)(H,58,71)(H,59,73)(H,60,74)(H,61,75)(H,62,69)(H,66,67)(H4,53,54,55). The zero-order chi connectivity index (χ0) is 56.6. The number of likely N-dealkylation sites (tertiary alicyclic amines) is 1. The van der Waals surface area contributed by atoms with Crippen LogP contribution in [-0.4, -0.2) is 160 Å². The zero-order valence-electron chi connectivity index (χ0n) is 42.7. The van der Waals surface area contributed by atoms with Gasteiger partial charge in [-0.15, -0.1) is 0 Å². The lowest BCUT2D eigenvalue weighted by molar-refractivity contribution is -0.146. The van der Waals surface area contributed by atoms with E-state index in [1.54, 1.807) is 74.5 Å². The Morgan fingerprint density at radius 2 is 1.14 bits per heavy atom. The summed E-state index contributed by atoms with van der Waals surface area (Å²) in [5.74, 6) is -11.2. The number of aliphatic hydroxyl groups excluding tert-OH is 1. The number of amides is 10. The molecule has 1 aliphatic heterocycles. The van der Waals surface area contributed by atoms with Crippen molar-refractivity contribution in [3.05, 3.63) is 71.8 Å². The number of aliphatic hydroxyl groups is 1. The van der Waals surface area contributed by atoms with Crippen LogP contribution in [0, 0.1) is 5.92 Å². The maximum absolute atomic E-state index is 14.4. The highest BCUT2D eigenvalue weighted by Crippen LogP contribution is 2.20. The molecule has 2 aromatic rings. The van der Waals surface area contributed by atoms with Crippen molar-refractivity contribution in [2.24, 2.45) is 39.6 Å². The molecule has 1 aliphatic rings. The van der Waals surface area contributed by atoms with Crippen LogP contribution in [0.2, 0.25) is 0 Å². The number of hydrogen-bond acceptors (Lipinski definition) is 14. The molecular weight excluding hydrogens is 993 g/mol. The van der Waals surface area contributed by atoms with Gasteiger partial charge in [-0.1, -0.05) is 74.5 Å². The second-order valence-electron chi connectivity index (χ2n) is 18.7. The van der Waals surface area contributed by atoms with Crippen molar-refractivity contribution in [2.45, 2.75) is 133 Å². The molecule has 27 nitrogen and oxygen atoms in total. The van der Waals surface area contributed by atoms with Crippen LogP contribution in [0.3, 0.4) is 0 Å². The lowest BCUT2D eigenvalue weighted by Gasteiger charge is -2.30. The number of carboxylic acid groups (broad SMARTS) is 1. The van der Waals surface area contributed by atoms with Crippen molar-refractivity contribution in [2.75, 3.05) is 19.7 Å². The molecule has 0 aromatic heterocycles. The maximum Gasteiger partial charge on any atom is 0.305 e. The molecule has 0 saturated carbocycles. The number of aliphatic imine (C=N–C) groups is 1. The number of aliphatic carboxylic acids is 1. The van der Waals surface area contributed by atoms with E-state index in [4.69, 9.17) is 33.8 Å². The molecular formula is C49H72N14O13. The van der Waals surface area contributed by atoms with E-state index in [9.17, 15) is 57.8 Å². The molecule has 27 heteroatoms. The first-order valence-electron chi connectivity index (χ1n) is 24.6. The van der Waals surface area contributed by atoms with Crippen LogP contribution in [0.25, 0.3) is 0 Å². The second kappa shape index (κ2) is 30.9. The predicted octanol–water partition coefficient (Wildman–Crippen LogP) is -4.87. The molecule has 1 fully saturated rings. The van der Waals surface area contributed by atoms with Crippen LogP contribution in [-0.2, 0) is 65.6 Å². The molecule has 9 atom stereocenters. The van der Waals surface area contributed by atoms with Crippen molar-refractivity contribution >= 4 is 71.0 Å². The Balaban J connectivity index is 1.89. The summed E-state index contributed by atoms with van der Waals surface area (Å²) in [6, 6.07) is 4.27. The van der Waals surface area contributed by atoms with E-state index in [1.165, 1.54) is 6.92 Å². The number of carbonyl (C=O) groups excluding carboxylic acids is 10. The third-order valence-electron chi connectivity index (χ3n) is 11.9. The van der Waals surface area contributed by atoms with Gasteiger partial charge in [0.15, 0.2) is 5.96 Å². The number of primary amides is 2. The summed E-state index contributed by atoms with van der Waals surface area (Å²) >= 11 is 0. The van der Waals surface area contributed by atoms with E-state index in [2.05, 4.69) is 42.2 Å². The molecule has 0 aliphatic carbocycles. The number of carbonyl (C=O) groups is 11. The Morgan fingerprint density at radius 3 is 1.68 bits per heavy atom. The highest BCUT2D eigenvalue weighted by Gasteiger charge is 2.41. The van der Waals surface area contributed by atoms with Gasteiger partial charge < -0.3 is 81.0 Å². The fraction of sp³-hybridized carbons (Fsp3) is 0.510. The SMILES string of the molecule is CC(C)CC(NC(=O)C(Cc1ccccc1)NC(=O)C(CC(N)=O)NC(=O)C1CCCN1C(=O)C(CC(=O)O)NC(=O)C(C)NC(=O)C(N)CO)C(=O)NC(CCCN=C(N)N)C(=O)NC(Cc1ccccc1)C(N)=O. The van der Waals surface area contributed by atoms with Crippen molar-refractivity contribution in [3.8, 4) is 0 Å². The van der Waals surface area contributed by atoms with Crippen LogP contribution >= 0.6 is 0 Å². The highest BCUT2D eigenvalue weighted by molar-refractivity contribution is 6.00. The number of carboxylic acids is 1. The Hall–Kier alpha value is -8.20. The second-order valence-corrected chi connectivity index (χ2v) is 18.7. The average Bonchev–Trinajstić information content (AvgIpc) is 3.86. The first kappa shape index (κ1) is 62.1. The fourth-order valence-electron chi connectivity index (χ4n) is 8.02. The van der Waals surface area contributed by atoms with Crippen LogP contribution in [0.5, 0.6) is 0 Å². The van der Waals surface area contributed by atoms with Crippen molar-refractivity contribution < 1.29 is 63.0 Å². The number of hydrogen-bond donors (Lipinski definition) is 14. The maximum atomic E-state index is 14.4. The molecule has 0 bridgehead atoms. The molecule has 9 unspecified atom stereocenters. The fourth-order valence-corrected chi connectivity index (χ4v) is 8.02. The number of nitrogens with one attached hydrogen (secondary N) is 7. The molecule has 0 radical (unpaired) electrons. The van der Waals surface area contributed by atoms with E-state index in [0.717, 1.165) is 4.90 Å². The number of nitrogens with two attached hydrogens (primary N) is 5. The van der Waals surface area contributed by atoms with Gasteiger partial charge in [0.05, 0.1) is 19.4 Å². The van der Waals surface area contributed by atoms with Crippen molar-refractivity contribution in [1.29, 1.82) is 0 Å². The van der Waals surface area contributed by atoms with Crippen LogP contribution in [0.4, 0.5) is 0 Å². The van der Waals surface area contributed by atoms with Gasteiger partial charge >= 0.3 is 5.97 Å². The molecule has 0 spiro atoms. The van der Waals surface area contributed by atoms with E-state index in [0.29, 0.717) is 11.1 Å². The largest absolute Gasteiger partial charge is 0.481 e. The van der Waals surface area contributed by atoms with Crippen molar-refractivity contribution in [3.63, 3.8) is 0 Å². The molecule has 2 aromatic carbocycles. The number of benzene rings is 2. The molecule has 10 amide bonds. The first-order valence-corrected chi connectivity index (χ1v) is 24.6. The Labute approximate surface area is 439 Å². The predicted molar refractivity (Wildman–Crippen MR) is 274 cm³/mol. The van der Waals surface area contributed by atoms with E-state index >= 15 is 0 Å². The van der Waals surface area contributed by atoms with Gasteiger partial charge in [0, 0.05) is 25.9 Å². The third kappa shape index (κ3) is 21.0. The summed E-state index contributed by atoms with van der Waals surface area (Å²) in [7, 11) is 0. The van der Waals surface area contributed by atoms with Gasteiger partial charge in [-0.25, -0.2) is 0 Å². The summed E-state index contributed by atoms with van der Waals surface area (Å²) in [5.41, 5.74) is 28.9. The highest BCUT2D eigenvalue weighted by atomic mass is 16.4. The summed E-state index contributed by atoms with van der Waals surface area (Å²) in [6.45, 7) is 4.01. The lowest BCUT2D eigenvalue weighted by Crippen LogP contribution is -2.61. The summed E-state index contributed by atoms with van der Waals surface area (Å²) in [5, 5.41) is 36.2. The summed E-state index contributed by atoms with van der Waals surface area (Å²) < 4.78 is 0. The van der Waals surface area contributed by atoms with Gasteiger partial charge in [0.2, 0.25) is 59.1 Å². The topological polar surface area (TPSA) is 458 Å². The average molecular weight is 1070 g/mol. The van der Waals surface area contributed by atoms with Crippen molar-refractivity contribution in [1.82, 2.24) is 42.1 Å². The Kier molecular flexibility index (Phi) is 25.2. The molecule has 19 N–H and O–H groups in total. The molecule has 76 heavy (non-hydrogen) atoms. The normalized spacial score (nSPS) is 16.1. The van der Waals surface area contributed by atoms with Gasteiger partial charge in [-0.2, -0.15) is 0 Å². The van der Waals surface area contributed by atoms with Crippen LogP contribution in [0.15, 0.2) is 65.7 Å². The van der Waals surface area contributed by atoms with Gasteiger partial charge in [0.1, 0.15) is 54.4 Å². The van der Waals surface area contributed by atoms with E-state index < -0.39 is 139 Å². The molecule has 416 valence electrons. The van der Waals surface area contributed by atoms with Gasteiger partial charge in [0.25, 0.3) is 0 Å². The first-order chi connectivity index (χ1) is 35.9. The summed E-state index contributed by atoms with van der Waals surface area (Å²) in [6.07, 6.45) is -1.48. The summed E-state index contributed by atoms with van der Waals surface area (Å²) in [4.78, 5) is 151. The number of rotatable bonds is 31. The van der Waals surface area contributed by atoms with E-state index in [-0.39, 0.29) is 69.9 Å². The zero-order valence-corrected chi connectivity index (χ0v) is 42.7. The third-order valence-corrected chi connectivity index (χ3v) is 11.9. The van der Waals surface area contributed by atoms with E-state index in [1.807, 2.05) is 0 Å². The quantitative estimate of drug-likeness (QED) is 0.0191.